The van der Waals surface area contributed by atoms with Gasteiger partial charge in [-0.15, -0.1) is 0 Å². The minimum atomic E-state index is -3.34. The summed E-state index contributed by atoms with van der Waals surface area (Å²) in [5, 5.41) is 5.49. The number of hydrogen-bond donors (Lipinski definition) is 2. The Morgan fingerprint density at radius 2 is 2.00 bits per heavy atom. The van der Waals surface area contributed by atoms with Crippen molar-refractivity contribution in [1.82, 2.24) is 9.62 Å². The summed E-state index contributed by atoms with van der Waals surface area (Å²) in [6, 6.07) is 5.30. The molecule has 3 rings (SSSR count). The van der Waals surface area contributed by atoms with Crippen LogP contribution < -0.4 is 10.6 Å². The summed E-state index contributed by atoms with van der Waals surface area (Å²) < 4.78 is 27.1. The molecule has 1 amide bonds. The van der Waals surface area contributed by atoms with Crippen molar-refractivity contribution in [1.29, 1.82) is 0 Å². The topological polar surface area (TPSA) is 78.5 Å². The molecule has 2 fully saturated rings. The van der Waals surface area contributed by atoms with Crippen molar-refractivity contribution in [2.45, 2.75) is 31.6 Å². The number of rotatable bonds is 4. The summed E-state index contributed by atoms with van der Waals surface area (Å²) >= 11 is 1.78. The normalized spacial score (nSPS) is 25.0. The highest BCUT2D eigenvalue weighted by molar-refractivity contribution is 7.99. The lowest BCUT2D eigenvalue weighted by atomic mass is 10.1. The molecule has 2 aliphatic rings. The van der Waals surface area contributed by atoms with E-state index in [1.165, 1.54) is 0 Å². The molecule has 25 heavy (non-hydrogen) atoms. The van der Waals surface area contributed by atoms with Crippen LogP contribution in [0.4, 0.5) is 5.69 Å². The maximum Gasteiger partial charge on any atom is 0.241 e. The summed E-state index contributed by atoms with van der Waals surface area (Å²) in [5.74, 6) is 1.52. The molecule has 0 aliphatic carbocycles. The second-order valence-electron chi connectivity index (χ2n) is 6.61. The number of nitrogens with zero attached hydrogens (tertiary/aromatic N) is 1. The first kappa shape index (κ1) is 18.7. The molecule has 2 heterocycles. The first-order valence-corrected chi connectivity index (χ1v) is 11.2. The van der Waals surface area contributed by atoms with Crippen molar-refractivity contribution in [3.8, 4) is 0 Å². The van der Waals surface area contributed by atoms with E-state index < -0.39 is 21.3 Å². The van der Waals surface area contributed by atoms with Gasteiger partial charge in [0.2, 0.25) is 15.9 Å². The van der Waals surface area contributed by atoms with Gasteiger partial charge in [-0.05, 0) is 37.5 Å². The Kier molecular flexibility index (Phi) is 5.72. The Bertz CT molecular complexity index is 746. The zero-order valence-corrected chi connectivity index (χ0v) is 16.3. The lowest BCUT2D eigenvalue weighted by Crippen LogP contribution is -2.44. The van der Waals surface area contributed by atoms with Gasteiger partial charge in [-0.3, -0.25) is 4.79 Å². The van der Waals surface area contributed by atoms with Crippen molar-refractivity contribution in [2.24, 2.45) is 0 Å². The van der Waals surface area contributed by atoms with E-state index >= 15 is 0 Å². The maximum absolute atomic E-state index is 12.8. The van der Waals surface area contributed by atoms with Crippen LogP contribution in [-0.4, -0.2) is 61.1 Å². The van der Waals surface area contributed by atoms with Crippen LogP contribution in [0.5, 0.6) is 0 Å². The molecule has 2 saturated heterocycles. The molecule has 2 unspecified atom stereocenters. The fraction of sp³-hybridized carbons (Fsp3) is 0.588. The number of hydrogen-bond acceptors (Lipinski definition) is 5. The van der Waals surface area contributed by atoms with E-state index in [9.17, 15) is 13.2 Å². The van der Waals surface area contributed by atoms with E-state index in [0.717, 1.165) is 28.3 Å². The molecule has 2 N–H and O–H groups in total. The molecule has 1 aromatic rings. The van der Waals surface area contributed by atoms with E-state index in [1.54, 1.807) is 16.1 Å². The highest BCUT2D eigenvalue weighted by atomic mass is 32.2. The number of aryl methyl sites for hydroxylation is 1. The maximum atomic E-state index is 12.8. The third-order valence-corrected chi connectivity index (χ3v) is 8.25. The van der Waals surface area contributed by atoms with E-state index in [2.05, 4.69) is 10.6 Å². The van der Waals surface area contributed by atoms with Crippen molar-refractivity contribution in [3.63, 3.8) is 0 Å². The quantitative estimate of drug-likeness (QED) is 0.821. The van der Waals surface area contributed by atoms with Crippen LogP contribution in [0.2, 0.25) is 0 Å². The third kappa shape index (κ3) is 4.02. The van der Waals surface area contributed by atoms with Crippen LogP contribution in [0.15, 0.2) is 18.2 Å². The number of anilines is 1. The first-order valence-electron chi connectivity index (χ1n) is 8.57. The monoisotopic (exact) mass is 383 g/mol. The average molecular weight is 384 g/mol. The van der Waals surface area contributed by atoms with E-state index in [4.69, 9.17) is 0 Å². The van der Waals surface area contributed by atoms with Gasteiger partial charge < -0.3 is 10.6 Å². The minimum absolute atomic E-state index is 0.166. The molecular weight excluding hydrogens is 358 g/mol. The van der Waals surface area contributed by atoms with Gasteiger partial charge in [0, 0.05) is 36.8 Å². The van der Waals surface area contributed by atoms with Gasteiger partial charge in [0.15, 0.2) is 0 Å². The summed E-state index contributed by atoms with van der Waals surface area (Å²) in [5.41, 5.74) is 2.93. The molecule has 2 aliphatic heterocycles. The number of nitrogens with one attached hydrogen (secondary N) is 2. The number of carbonyl (C=O) groups is 1. The number of amides is 1. The third-order valence-electron chi connectivity index (χ3n) is 5.02. The smallest absolute Gasteiger partial charge is 0.241 e. The number of carbonyl (C=O) groups excluding carboxylic acids is 1. The van der Waals surface area contributed by atoms with Crippen molar-refractivity contribution < 1.29 is 13.2 Å². The van der Waals surface area contributed by atoms with Crippen LogP contribution >= 0.6 is 11.8 Å². The van der Waals surface area contributed by atoms with E-state index in [1.807, 2.05) is 32.0 Å². The highest BCUT2D eigenvalue weighted by Gasteiger charge is 2.40. The SMILES string of the molecule is Cc1cccc(NC(=O)C2CC(S(=O)(=O)N3CCSCC3)CN2)c1C. The Hall–Kier alpha value is -1.09. The minimum Gasteiger partial charge on any atom is -0.324 e. The van der Waals surface area contributed by atoms with Crippen molar-refractivity contribution in [3.05, 3.63) is 29.3 Å². The molecule has 0 spiro atoms. The van der Waals surface area contributed by atoms with Gasteiger partial charge in [-0.25, -0.2) is 8.42 Å². The zero-order valence-electron chi connectivity index (χ0n) is 14.6. The summed E-state index contributed by atoms with van der Waals surface area (Å²) in [4.78, 5) is 12.5. The largest absolute Gasteiger partial charge is 0.324 e. The van der Waals surface area contributed by atoms with Crippen molar-refractivity contribution >= 4 is 33.4 Å². The standard InChI is InChI=1S/C17H25N3O3S2/c1-12-4-3-5-15(13(12)2)19-17(21)16-10-14(11-18-16)25(22,23)20-6-8-24-9-7-20/h3-5,14,16,18H,6-11H2,1-2H3,(H,19,21). The molecule has 8 heteroatoms. The second-order valence-corrected chi connectivity index (χ2v) is 10.0. The lowest BCUT2D eigenvalue weighted by Gasteiger charge is -2.28. The highest BCUT2D eigenvalue weighted by Crippen LogP contribution is 2.24. The lowest BCUT2D eigenvalue weighted by molar-refractivity contribution is -0.117. The predicted octanol–water partition coefficient (Wildman–Crippen LogP) is 1.35. The Morgan fingerprint density at radius 1 is 1.28 bits per heavy atom. The fourth-order valence-electron chi connectivity index (χ4n) is 3.25. The zero-order chi connectivity index (χ0) is 18.0. The van der Waals surface area contributed by atoms with Gasteiger partial charge in [-0.1, -0.05) is 12.1 Å². The van der Waals surface area contributed by atoms with Gasteiger partial charge in [0.05, 0.1) is 11.3 Å². The predicted molar refractivity (Wildman–Crippen MR) is 103 cm³/mol. The molecule has 0 bridgehead atoms. The number of thioether (sulfide) groups is 1. The molecule has 138 valence electrons. The Morgan fingerprint density at radius 3 is 2.72 bits per heavy atom. The number of benzene rings is 1. The molecule has 6 nitrogen and oxygen atoms in total. The summed E-state index contributed by atoms with van der Waals surface area (Å²) in [7, 11) is -3.34. The van der Waals surface area contributed by atoms with E-state index in [-0.39, 0.29) is 5.91 Å². The summed E-state index contributed by atoms with van der Waals surface area (Å²) in [6.45, 7) is 5.44. The molecular formula is C17H25N3O3S2. The number of sulfonamides is 1. The molecule has 0 saturated carbocycles. The molecule has 2 atom stereocenters. The fourth-order valence-corrected chi connectivity index (χ4v) is 6.24. The van der Waals surface area contributed by atoms with Gasteiger partial charge in [0.1, 0.15) is 0 Å². The van der Waals surface area contributed by atoms with Gasteiger partial charge >= 0.3 is 0 Å². The first-order chi connectivity index (χ1) is 11.9. The summed E-state index contributed by atoms with van der Waals surface area (Å²) in [6.07, 6.45) is 0.322. The molecule has 1 aromatic carbocycles. The van der Waals surface area contributed by atoms with Crippen LogP contribution in [0.3, 0.4) is 0 Å². The Balaban J connectivity index is 1.64. The van der Waals surface area contributed by atoms with Crippen LogP contribution in [0.25, 0.3) is 0 Å². The average Bonchev–Trinajstić information content (AvgIpc) is 3.11. The molecule has 0 radical (unpaired) electrons. The van der Waals surface area contributed by atoms with Crippen LogP contribution in [0, 0.1) is 13.8 Å². The van der Waals surface area contributed by atoms with Crippen LogP contribution in [0.1, 0.15) is 17.5 Å². The van der Waals surface area contributed by atoms with Crippen molar-refractivity contribution in [2.75, 3.05) is 36.5 Å². The van der Waals surface area contributed by atoms with Gasteiger partial charge in [0.25, 0.3) is 0 Å². The van der Waals surface area contributed by atoms with Crippen LogP contribution in [-0.2, 0) is 14.8 Å². The Labute approximate surface area is 153 Å². The molecule has 0 aromatic heterocycles. The van der Waals surface area contributed by atoms with E-state index in [0.29, 0.717) is 26.1 Å². The second kappa shape index (κ2) is 7.65. The van der Waals surface area contributed by atoms with Gasteiger partial charge in [-0.2, -0.15) is 16.1 Å².